The Hall–Kier alpha value is -0.0000000000000000555. The zero-order valence-electron chi connectivity index (χ0n) is 8.96. The monoisotopic (exact) mass is 314 g/mol. The van der Waals surface area contributed by atoms with E-state index in [4.69, 9.17) is 23.2 Å². The minimum Gasteiger partial charge on any atom is -0.350 e. The van der Waals surface area contributed by atoms with Crippen molar-refractivity contribution in [3.63, 3.8) is 0 Å². The summed E-state index contributed by atoms with van der Waals surface area (Å²) in [4.78, 5) is 11.8. The largest absolute Gasteiger partial charge is 0.350 e. The molecule has 0 radical (unpaired) electrons. The smallest absolute Gasteiger partial charge is 0.253 e. The number of thiophene rings is 1. The third-order valence-corrected chi connectivity index (χ3v) is 4.06. The van der Waals surface area contributed by atoms with E-state index >= 15 is 0 Å². The van der Waals surface area contributed by atoms with E-state index in [1.54, 1.807) is 6.07 Å². The third-order valence-electron chi connectivity index (χ3n) is 2.57. The molecule has 1 unspecified atom stereocenters. The van der Waals surface area contributed by atoms with Crippen LogP contribution in [0, 0.1) is 0 Å². The Morgan fingerprint density at radius 1 is 1.59 bits per heavy atom. The van der Waals surface area contributed by atoms with Gasteiger partial charge in [0.25, 0.3) is 5.91 Å². The Balaban J connectivity index is 0.00000144. The number of rotatable bonds is 3. The van der Waals surface area contributed by atoms with Crippen molar-refractivity contribution >= 4 is 52.9 Å². The van der Waals surface area contributed by atoms with Crippen LogP contribution in [0.5, 0.6) is 0 Å². The predicted molar refractivity (Wildman–Crippen MR) is 74.9 cm³/mol. The lowest BCUT2D eigenvalue weighted by Gasteiger charge is -2.10. The lowest BCUT2D eigenvalue weighted by Crippen LogP contribution is -2.37. The highest BCUT2D eigenvalue weighted by atomic mass is 35.5. The molecule has 0 spiro atoms. The van der Waals surface area contributed by atoms with Crippen molar-refractivity contribution < 1.29 is 4.79 Å². The average molecular weight is 316 g/mol. The maximum atomic E-state index is 11.8. The van der Waals surface area contributed by atoms with Crippen molar-refractivity contribution in [2.24, 2.45) is 0 Å². The summed E-state index contributed by atoms with van der Waals surface area (Å²) in [6, 6.07) is 1.99. The number of amides is 1. The van der Waals surface area contributed by atoms with Gasteiger partial charge in [-0.25, -0.2) is 0 Å². The minimum atomic E-state index is -0.151. The first kappa shape index (κ1) is 15.1. The van der Waals surface area contributed by atoms with Crippen LogP contribution in [0.1, 0.15) is 23.2 Å². The molecule has 17 heavy (non-hydrogen) atoms. The quantitative estimate of drug-likeness (QED) is 0.900. The van der Waals surface area contributed by atoms with E-state index in [0.29, 0.717) is 26.8 Å². The Morgan fingerprint density at radius 3 is 2.88 bits per heavy atom. The molecule has 7 heteroatoms. The molecule has 1 aliphatic rings. The molecule has 0 aliphatic carbocycles. The number of nitrogens with one attached hydrogen (secondary N) is 2. The Labute approximate surface area is 120 Å². The Bertz CT molecular complexity index is 391. The van der Waals surface area contributed by atoms with Gasteiger partial charge in [-0.15, -0.1) is 23.7 Å². The van der Waals surface area contributed by atoms with E-state index in [0.717, 1.165) is 13.0 Å². The van der Waals surface area contributed by atoms with Crippen LogP contribution in [0.25, 0.3) is 0 Å². The van der Waals surface area contributed by atoms with Gasteiger partial charge < -0.3 is 10.6 Å². The van der Waals surface area contributed by atoms with Crippen molar-refractivity contribution in [1.29, 1.82) is 0 Å². The molecule has 3 nitrogen and oxygen atoms in total. The molecule has 0 bridgehead atoms. The molecule has 1 aliphatic heterocycles. The van der Waals surface area contributed by atoms with Gasteiger partial charge in [0.05, 0.1) is 9.90 Å². The molecule has 1 saturated heterocycles. The van der Waals surface area contributed by atoms with Crippen LogP contribution in [0.3, 0.4) is 0 Å². The second-order valence-corrected chi connectivity index (χ2v) is 6.03. The molecule has 1 aromatic rings. The molecule has 96 valence electrons. The SMILES string of the molecule is Cl.O=C(NCC1CCCN1)c1cc(Cl)sc1Cl. The van der Waals surface area contributed by atoms with Gasteiger partial charge in [-0.05, 0) is 25.5 Å². The highest BCUT2D eigenvalue weighted by Gasteiger charge is 2.17. The Kier molecular flexibility index (Phi) is 6.03. The zero-order chi connectivity index (χ0) is 11.5. The van der Waals surface area contributed by atoms with E-state index in [1.807, 2.05) is 0 Å². The molecule has 0 saturated carbocycles. The number of halogens is 3. The molecular formula is C10H13Cl3N2OS. The van der Waals surface area contributed by atoms with E-state index < -0.39 is 0 Å². The first-order valence-electron chi connectivity index (χ1n) is 5.13. The van der Waals surface area contributed by atoms with E-state index in [1.165, 1.54) is 17.8 Å². The average Bonchev–Trinajstić information content (AvgIpc) is 2.84. The number of hydrogen-bond acceptors (Lipinski definition) is 3. The molecular weight excluding hydrogens is 303 g/mol. The predicted octanol–water partition coefficient (Wildman–Crippen LogP) is 2.96. The standard InChI is InChI=1S/C10H12Cl2N2OS.ClH/c11-8-4-7(9(12)16-8)10(15)14-5-6-2-1-3-13-6;/h4,6,13H,1-3,5H2,(H,14,15);1H. The van der Waals surface area contributed by atoms with Gasteiger partial charge >= 0.3 is 0 Å². The molecule has 1 atom stereocenters. The van der Waals surface area contributed by atoms with E-state index in [-0.39, 0.29) is 18.3 Å². The van der Waals surface area contributed by atoms with E-state index in [9.17, 15) is 4.79 Å². The zero-order valence-corrected chi connectivity index (χ0v) is 12.1. The van der Waals surface area contributed by atoms with Crippen LogP contribution in [0.4, 0.5) is 0 Å². The molecule has 1 amide bonds. The third kappa shape index (κ3) is 4.00. The normalized spacial score (nSPS) is 18.8. The van der Waals surface area contributed by atoms with Gasteiger partial charge in [0.2, 0.25) is 0 Å². The lowest BCUT2D eigenvalue weighted by atomic mass is 10.2. The summed E-state index contributed by atoms with van der Waals surface area (Å²) in [5.41, 5.74) is 0.467. The number of carbonyl (C=O) groups is 1. The maximum Gasteiger partial charge on any atom is 0.253 e. The highest BCUT2D eigenvalue weighted by molar-refractivity contribution is 7.20. The van der Waals surface area contributed by atoms with Crippen molar-refractivity contribution in [2.45, 2.75) is 18.9 Å². The fourth-order valence-electron chi connectivity index (χ4n) is 1.74. The van der Waals surface area contributed by atoms with Crippen LogP contribution in [0.15, 0.2) is 6.07 Å². The van der Waals surface area contributed by atoms with Crippen LogP contribution >= 0.6 is 46.9 Å². The molecule has 2 rings (SSSR count). The summed E-state index contributed by atoms with van der Waals surface area (Å²) in [5, 5.41) is 6.17. The topological polar surface area (TPSA) is 41.1 Å². The summed E-state index contributed by atoms with van der Waals surface area (Å²) in [7, 11) is 0. The van der Waals surface area contributed by atoms with Crippen molar-refractivity contribution in [2.75, 3.05) is 13.1 Å². The van der Waals surface area contributed by atoms with Gasteiger partial charge in [-0.2, -0.15) is 0 Å². The van der Waals surface area contributed by atoms with Crippen molar-refractivity contribution in [3.05, 3.63) is 20.3 Å². The van der Waals surface area contributed by atoms with Crippen molar-refractivity contribution in [3.8, 4) is 0 Å². The van der Waals surface area contributed by atoms with E-state index in [2.05, 4.69) is 10.6 Å². The molecule has 0 aromatic carbocycles. The summed E-state index contributed by atoms with van der Waals surface area (Å²) >= 11 is 12.9. The first-order valence-corrected chi connectivity index (χ1v) is 6.70. The fraction of sp³-hybridized carbons (Fsp3) is 0.500. The first-order chi connectivity index (χ1) is 7.66. The summed E-state index contributed by atoms with van der Waals surface area (Å²) < 4.78 is 0.982. The van der Waals surface area contributed by atoms with Crippen LogP contribution in [0.2, 0.25) is 8.67 Å². The highest BCUT2D eigenvalue weighted by Crippen LogP contribution is 2.30. The summed E-state index contributed by atoms with van der Waals surface area (Å²) in [6.45, 7) is 1.67. The maximum absolute atomic E-state index is 11.8. The number of hydrogen-bond donors (Lipinski definition) is 2. The van der Waals surface area contributed by atoms with Gasteiger partial charge in [0.1, 0.15) is 4.34 Å². The van der Waals surface area contributed by atoms with Crippen LogP contribution in [-0.4, -0.2) is 25.0 Å². The fourth-order valence-corrected chi connectivity index (χ4v) is 3.20. The molecule has 2 N–H and O–H groups in total. The van der Waals surface area contributed by atoms with Crippen molar-refractivity contribution in [1.82, 2.24) is 10.6 Å². The second kappa shape index (κ2) is 6.81. The molecule has 1 aromatic heterocycles. The lowest BCUT2D eigenvalue weighted by molar-refractivity contribution is 0.0951. The van der Waals surface area contributed by atoms with Crippen LogP contribution < -0.4 is 10.6 Å². The van der Waals surface area contributed by atoms with Crippen LogP contribution in [-0.2, 0) is 0 Å². The second-order valence-electron chi connectivity index (χ2n) is 3.74. The number of carbonyl (C=O) groups excluding carboxylic acids is 1. The van der Waals surface area contributed by atoms with Gasteiger partial charge in [-0.1, -0.05) is 23.2 Å². The summed E-state index contributed by atoms with van der Waals surface area (Å²) in [6.07, 6.45) is 2.28. The molecule has 2 heterocycles. The minimum absolute atomic E-state index is 0. The van der Waals surface area contributed by atoms with Gasteiger partial charge in [0, 0.05) is 12.6 Å². The van der Waals surface area contributed by atoms with Gasteiger partial charge in [0.15, 0.2) is 0 Å². The van der Waals surface area contributed by atoms with Gasteiger partial charge in [-0.3, -0.25) is 4.79 Å². The molecule has 1 fully saturated rings. The Morgan fingerprint density at radius 2 is 2.35 bits per heavy atom. The summed E-state index contributed by atoms with van der Waals surface area (Å²) in [5.74, 6) is -0.151.